The minimum absolute atomic E-state index is 0.132. The molecule has 0 bridgehead atoms. The highest BCUT2D eigenvalue weighted by Gasteiger charge is 2.28. The Bertz CT molecular complexity index is 280. The molecule has 110 valence electrons. The van der Waals surface area contributed by atoms with Crippen LogP contribution in [0.5, 0.6) is 0 Å². The highest BCUT2D eigenvalue weighted by molar-refractivity contribution is 5.79. The standard InChI is InChI=1S/C14H26N2O3/c1-11-8-15-9-13(11)14(17)16-5-3-6-18-10-12-4-2-7-19-12/h11-13,15H,2-10H2,1H3,(H,16,17)/t11-,12?,13-/m1/s1. The van der Waals surface area contributed by atoms with Crippen molar-refractivity contribution in [1.82, 2.24) is 10.6 Å². The highest BCUT2D eigenvalue weighted by Crippen LogP contribution is 2.15. The number of carbonyl (C=O) groups is 1. The number of hydrogen-bond acceptors (Lipinski definition) is 4. The van der Waals surface area contributed by atoms with E-state index in [0.29, 0.717) is 31.8 Å². The van der Waals surface area contributed by atoms with E-state index < -0.39 is 0 Å². The maximum Gasteiger partial charge on any atom is 0.224 e. The smallest absolute Gasteiger partial charge is 0.224 e. The van der Waals surface area contributed by atoms with Gasteiger partial charge >= 0.3 is 0 Å². The molecule has 3 atom stereocenters. The van der Waals surface area contributed by atoms with Crippen LogP contribution in [0, 0.1) is 11.8 Å². The Morgan fingerprint density at radius 1 is 1.47 bits per heavy atom. The van der Waals surface area contributed by atoms with Crippen LogP contribution in [-0.4, -0.2) is 51.5 Å². The van der Waals surface area contributed by atoms with Gasteiger partial charge in [0, 0.05) is 26.3 Å². The molecule has 0 spiro atoms. The molecule has 2 N–H and O–H groups in total. The molecule has 2 saturated heterocycles. The van der Waals surface area contributed by atoms with Gasteiger partial charge in [-0.1, -0.05) is 6.92 Å². The van der Waals surface area contributed by atoms with Crippen LogP contribution in [0.25, 0.3) is 0 Å². The molecule has 19 heavy (non-hydrogen) atoms. The van der Waals surface area contributed by atoms with Crippen LogP contribution in [0.15, 0.2) is 0 Å². The first-order valence-electron chi connectivity index (χ1n) is 7.45. The lowest BCUT2D eigenvalue weighted by molar-refractivity contribution is -0.125. The molecule has 2 rings (SSSR count). The van der Waals surface area contributed by atoms with Crippen LogP contribution >= 0.6 is 0 Å². The number of ether oxygens (including phenoxy) is 2. The molecule has 0 aliphatic carbocycles. The van der Waals surface area contributed by atoms with Gasteiger partial charge in [-0.25, -0.2) is 0 Å². The summed E-state index contributed by atoms with van der Waals surface area (Å²) < 4.78 is 11.0. The van der Waals surface area contributed by atoms with Crippen molar-refractivity contribution in [2.75, 3.05) is 39.5 Å². The molecule has 5 nitrogen and oxygen atoms in total. The highest BCUT2D eigenvalue weighted by atomic mass is 16.5. The van der Waals surface area contributed by atoms with Crippen LogP contribution in [-0.2, 0) is 14.3 Å². The van der Waals surface area contributed by atoms with Gasteiger partial charge in [0.2, 0.25) is 5.91 Å². The van der Waals surface area contributed by atoms with Gasteiger partial charge in [0.25, 0.3) is 0 Å². The maximum atomic E-state index is 11.9. The predicted octanol–water partition coefficient (Wildman–Crippen LogP) is 0.544. The zero-order valence-electron chi connectivity index (χ0n) is 11.8. The van der Waals surface area contributed by atoms with Crippen molar-refractivity contribution in [3.05, 3.63) is 0 Å². The summed E-state index contributed by atoms with van der Waals surface area (Å²) in [6.45, 7) is 6.83. The number of amides is 1. The fourth-order valence-corrected chi connectivity index (χ4v) is 2.67. The summed E-state index contributed by atoms with van der Waals surface area (Å²) in [4.78, 5) is 11.9. The van der Waals surface area contributed by atoms with E-state index in [9.17, 15) is 4.79 Å². The Balaban J connectivity index is 1.46. The summed E-state index contributed by atoms with van der Waals surface area (Å²) in [5.74, 6) is 0.750. The molecular weight excluding hydrogens is 244 g/mol. The number of carbonyl (C=O) groups excluding carboxylic acids is 1. The molecule has 2 aliphatic heterocycles. The third-order valence-corrected chi connectivity index (χ3v) is 3.95. The molecule has 1 unspecified atom stereocenters. The van der Waals surface area contributed by atoms with Crippen molar-refractivity contribution in [3.63, 3.8) is 0 Å². The third-order valence-electron chi connectivity index (χ3n) is 3.95. The van der Waals surface area contributed by atoms with E-state index in [2.05, 4.69) is 17.6 Å². The molecule has 0 aromatic rings. The van der Waals surface area contributed by atoms with E-state index in [1.165, 1.54) is 0 Å². The van der Waals surface area contributed by atoms with Gasteiger partial charge in [-0.15, -0.1) is 0 Å². The summed E-state index contributed by atoms with van der Waals surface area (Å²) in [5, 5.41) is 6.24. The van der Waals surface area contributed by atoms with E-state index in [1.807, 2.05) is 0 Å². The summed E-state index contributed by atoms with van der Waals surface area (Å²) in [6.07, 6.45) is 3.42. The molecule has 1 amide bonds. The summed E-state index contributed by atoms with van der Waals surface area (Å²) in [6, 6.07) is 0. The van der Waals surface area contributed by atoms with Gasteiger partial charge < -0.3 is 20.1 Å². The molecule has 0 aromatic heterocycles. The van der Waals surface area contributed by atoms with Crippen molar-refractivity contribution < 1.29 is 14.3 Å². The van der Waals surface area contributed by atoms with Crippen molar-refractivity contribution in [2.45, 2.75) is 32.3 Å². The average Bonchev–Trinajstić information content (AvgIpc) is 3.04. The molecule has 0 radical (unpaired) electrons. The van der Waals surface area contributed by atoms with Crippen molar-refractivity contribution in [2.24, 2.45) is 11.8 Å². The van der Waals surface area contributed by atoms with Crippen LogP contribution in [0.2, 0.25) is 0 Å². The van der Waals surface area contributed by atoms with Gasteiger partial charge in [-0.3, -0.25) is 4.79 Å². The lowest BCUT2D eigenvalue weighted by atomic mass is 9.97. The van der Waals surface area contributed by atoms with Gasteiger partial charge in [-0.2, -0.15) is 0 Å². The van der Waals surface area contributed by atoms with E-state index >= 15 is 0 Å². The first-order valence-corrected chi connectivity index (χ1v) is 7.45. The van der Waals surface area contributed by atoms with Crippen LogP contribution < -0.4 is 10.6 Å². The molecule has 5 heteroatoms. The fourth-order valence-electron chi connectivity index (χ4n) is 2.67. The average molecular weight is 270 g/mol. The van der Waals surface area contributed by atoms with E-state index in [0.717, 1.165) is 39.0 Å². The van der Waals surface area contributed by atoms with Gasteiger partial charge in [0.15, 0.2) is 0 Å². The Kier molecular flexibility index (Phi) is 6.07. The van der Waals surface area contributed by atoms with Crippen LogP contribution in [0.4, 0.5) is 0 Å². The van der Waals surface area contributed by atoms with Gasteiger partial charge in [0.1, 0.15) is 0 Å². The fraction of sp³-hybridized carbons (Fsp3) is 0.929. The molecule has 0 aromatic carbocycles. The normalized spacial score (nSPS) is 30.7. The quantitative estimate of drug-likeness (QED) is 0.663. The topological polar surface area (TPSA) is 59.6 Å². The summed E-state index contributed by atoms with van der Waals surface area (Å²) >= 11 is 0. The minimum atomic E-state index is 0.132. The second kappa shape index (κ2) is 7.82. The van der Waals surface area contributed by atoms with Crippen LogP contribution in [0.1, 0.15) is 26.2 Å². The van der Waals surface area contributed by atoms with E-state index in [-0.39, 0.29) is 11.8 Å². The maximum absolute atomic E-state index is 11.9. The Morgan fingerprint density at radius 2 is 2.37 bits per heavy atom. The molecule has 2 aliphatic rings. The zero-order chi connectivity index (χ0) is 13.5. The largest absolute Gasteiger partial charge is 0.379 e. The first kappa shape index (κ1) is 14.8. The van der Waals surface area contributed by atoms with Crippen LogP contribution in [0.3, 0.4) is 0 Å². The molecule has 2 heterocycles. The Morgan fingerprint density at radius 3 is 3.05 bits per heavy atom. The third kappa shape index (κ3) is 4.75. The molecular formula is C14H26N2O3. The van der Waals surface area contributed by atoms with Gasteiger partial charge in [0.05, 0.1) is 18.6 Å². The zero-order valence-corrected chi connectivity index (χ0v) is 11.8. The number of rotatable bonds is 7. The second-order valence-corrected chi connectivity index (χ2v) is 5.60. The summed E-state index contributed by atoms with van der Waals surface area (Å²) in [7, 11) is 0. The lowest BCUT2D eigenvalue weighted by Crippen LogP contribution is -2.35. The monoisotopic (exact) mass is 270 g/mol. The lowest BCUT2D eigenvalue weighted by Gasteiger charge is -2.14. The summed E-state index contributed by atoms with van der Waals surface area (Å²) in [5.41, 5.74) is 0. The molecule has 0 saturated carbocycles. The second-order valence-electron chi connectivity index (χ2n) is 5.60. The van der Waals surface area contributed by atoms with E-state index in [1.54, 1.807) is 0 Å². The van der Waals surface area contributed by atoms with Crippen molar-refractivity contribution in [1.29, 1.82) is 0 Å². The van der Waals surface area contributed by atoms with Crippen molar-refractivity contribution >= 4 is 5.91 Å². The number of hydrogen-bond donors (Lipinski definition) is 2. The Labute approximate surface area is 115 Å². The SMILES string of the molecule is C[C@@H]1CNC[C@H]1C(=O)NCCCOCC1CCCO1. The van der Waals surface area contributed by atoms with E-state index in [4.69, 9.17) is 9.47 Å². The molecule has 2 fully saturated rings. The number of nitrogens with one attached hydrogen (secondary N) is 2. The first-order chi connectivity index (χ1) is 9.27. The Hall–Kier alpha value is -0.650. The van der Waals surface area contributed by atoms with Crippen molar-refractivity contribution in [3.8, 4) is 0 Å². The minimum Gasteiger partial charge on any atom is -0.379 e. The van der Waals surface area contributed by atoms with Gasteiger partial charge in [-0.05, 0) is 31.7 Å². The predicted molar refractivity (Wildman–Crippen MR) is 72.9 cm³/mol.